The van der Waals surface area contributed by atoms with Crippen molar-refractivity contribution in [1.29, 1.82) is 0 Å². The van der Waals surface area contributed by atoms with Crippen LogP contribution < -0.4 is 0 Å². The van der Waals surface area contributed by atoms with Crippen molar-refractivity contribution in [1.82, 2.24) is 0 Å². The van der Waals surface area contributed by atoms with Crippen molar-refractivity contribution >= 4 is 57.8 Å². The van der Waals surface area contributed by atoms with Gasteiger partial charge in [0.1, 0.15) is 0 Å². The molecular formula is H2Al2F2MgO3+2. The van der Waals surface area contributed by atoms with Crippen LogP contribution in [0.15, 0.2) is 0 Å². The maximum absolute atomic E-state index is 0. The molecule has 0 saturated carbocycles. The molecule has 8 heteroatoms. The van der Waals surface area contributed by atoms with Crippen LogP contribution in [0.1, 0.15) is 0 Å². The van der Waals surface area contributed by atoms with Gasteiger partial charge in [-0.05, 0) is 0 Å². The molecule has 40 valence electrons. The number of hydrogen-bond acceptors (Lipinski definition) is 0. The molecule has 0 aromatic rings. The first-order valence-corrected chi connectivity index (χ1v) is 0. The van der Waals surface area contributed by atoms with Crippen molar-refractivity contribution in [3.63, 3.8) is 0 Å². The van der Waals surface area contributed by atoms with Gasteiger partial charge in [-0.3, -0.25) is 9.41 Å². The largest absolute Gasteiger partial charge is 3.00 e. The van der Waals surface area contributed by atoms with Crippen LogP contribution in [0.25, 0.3) is 0 Å². The Morgan fingerprint density at radius 3 is 0.500 bits per heavy atom. The van der Waals surface area contributed by atoms with E-state index in [4.69, 9.17) is 0 Å². The Morgan fingerprint density at radius 1 is 0.500 bits per heavy atom. The molecule has 0 heterocycles. The van der Waals surface area contributed by atoms with Crippen molar-refractivity contribution in [2.24, 2.45) is 0 Å². The van der Waals surface area contributed by atoms with E-state index in [1.54, 1.807) is 0 Å². The Balaban J connectivity index is 0. The van der Waals surface area contributed by atoms with Gasteiger partial charge in [-0.25, -0.2) is 0 Å². The third-order valence-corrected chi connectivity index (χ3v) is 0. The molecule has 0 saturated heterocycles. The molecule has 8 heavy (non-hydrogen) atoms. The van der Waals surface area contributed by atoms with Gasteiger partial charge in [0.2, 0.25) is 0 Å². The van der Waals surface area contributed by atoms with Crippen molar-refractivity contribution in [2.75, 3.05) is 0 Å². The molecule has 0 aliphatic carbocycles. The van der Waals surface area contributed by atoms with Gasteiger partial charge in [0, 0.05) is 0 Å². The van der Waals surface area contributed by atoms with E-state index in [0.29, 0.717) is 0 Å². The Bertz CT molecular complexity index is 15.2. The molecule has 0 atom stereocenters. The van der Waals surface area contributed by atoms with Gasteiger partial charge in [-0.15, -0.1) is 0 Å². The van der Waals surface area contributed by atoms with E-state index in [1.807, 2.05) is 0 Å². The van der Waals surface area contributed by atoms with Gasteiger partial charge in [0.15, 0.2) is 0 Å². The molecule has 0 fully saturated rings. The first kappa shape index (κ1) is 285. The Labute approximate surface area is 83.3 Å². The molecule has 3 nitrogen and oxygen atoms in total. The van der Waals surface area contributed by atoms with Crippen molar-refractivity contribution in [3.8, 4) is 0 Å². The maximum Gasteiger partial charge on any atom is 3.00 e. The van der Waals surface area contributed by atoms with Crippen molar-refractivity contribution in [3.05, 3.63) is 0 Å². The molecule has 0 aromatic heterocycles. The molecule has 0 aliphatic heterocycles. The Kier molecular flexibility index (Phi) is 7090. The van der Waals surface area contributed by atoms with E-state index >= 15 is 0 Å². The fraction of sp³-hybridized carbons (Fsp3) is 0. The van der Waals surface area contributed by atoms with E-state index in [9.17, 15) is 0 Å². The summed E-state index contributed by atoms with van der Waals surface area (Å²) in [5.74, 6) is 0. The third-order valence-electron chi connectivity index (χ3n) is 0. The average molecular weight is 166 g/mol. The summed E-state index contributed by atoms with van der Waals surface area (Å²) in [6.07, 6.45) is 0. The van der Waals surface area contributed by atoms with Gasteiger partial charge >= 0.3 is 57.8 Å². The van der Waals surface area contributed by atoms with Gasteiger partial charge in [-0.2, -0.15) is 0 Å². The van der Waals surface area contributed by atoms with Crippen LogP contribution in [-0.4, -0.2) is 57.8 Å². The molecule has 0 amide bonds. The average Bonchev–Trinajstić information content (AvgIpc) is 0. The molecule has 0 N–H and O–H groups in total. The van der Waals surface area contributed by atoms with Crippen molar-refractivity contribution < 1.29 is 25.8 Å². The van der Waals surface area contributed by atoms with Gasteiger partial charge < -0.3 is 16.4 Å². The van der Waals surface area contributed by atoms with Crippen LogP contribution >= 0.6 is 0 Å². The SMILES string of the molecule is F.F.[Al+3].[Al+3].[Mg+2].[O-2].[O-2].[O-2]. The van der Waals surface area contributed by atoms with Crippen LogP contribution in [0, 0.1) is 0 Å². The standard InChI is InChI=1S/2Al.2FH.Mg.3O/h;;2*1H;;;;/q2*+3;;;+2;3*-2. The second-order valence-corrected chi connectivity index (χ2v) is 0. The van der Waals surface area contributed by atoms with E-state index < -0.39 is 0 Å². The predicted molar refractivity (Wildman–Crippen MR) is 24.3 cm³/mol. The molecule has 0 aliphatic rings. The van der Waals surface area contributed by atoms with Gasteiger partial charge in [0.05, 0.1) is 0 Å². The van der Waals surface area contributed by atoms with E-state index in [1.165, 1.54) is 0 Å². The summed E-state index contributed by atoms with van der Waals surface area (Å²) in [6.45, 7) is 0. The minimum atomic E-state index is 0. The van der Waals surface area contributed by atoms with Crippen LogP contribution in [0.3, 0.4) is 0 Å². The number of rotatable bonds is 0. The third kappa shape index (κ3) is 132. The molecular weight excluding hydrogens is 164 g/mol. The van der Waals surface area contributed by atoms with Crippen LogP contribution in [0.4, 0.5) is 9.41 Å². The molecule has 0 rings (SSSR count). The molecule has 0 bridgehead atoms. The normalized spacial score (nSPS) is 0. The van der Waals surface area contributed by atoms with Crippen LogP contribution in [-0.2, 0) is 16.4 Å². The summed E-state index contributed by atoms with van der Waals surface area (Å²) in [7, 11) is 0. The fourth-order valence-corrected chi connectivity index (χ4v) is 0. The Hall–Kier alpha value is 1.57. The van der Waals surface area contributed by atoms with Crippen LogP contribution in [0.5, 0.6) is 0 Å². The Morgan fingerprint density at radius 2 is 0.500 bits per heavy atom. The van der Waals surface area contributed by atoms with Crippen LogP contribution in [0.2, 0.25) is 0 Å². The van der Waals surface area contributed by atoms with Gasteiger partial charge in [-0.1, -0.05) is 0 Å². The summed E-state index contributed by atoms with van der Waals surface area (Å²) in [6, 6.07) is 0. The first-order chi connectivity index (χ1) is 0. The second-order valence-electron chi connectivity index (χ2n) is 0. The summed E-state index contributed by atoms with van der Waals surface area (Å²) in [5, 5.41) is 0. The maximum atomic E-state index is 0. The minimum Gasteiger partial charge on any atom is -2.00 e. The monoisotopic (exact) mass is 166 g/mol. The summed E-state index contributed by atoms with van der Waals surface area (Å²) >= 11 is 0. The quantitative estimate of drug-likeness (QED) is 0.405. The number of halogens is 2. The van der Waals surface area contributed by atoms with Crippen molar-refractivity contribution in [2.45, 2.75) is 0 Å². The second kappa shape index (κ2) is 199. The molecule has 0 unspecified atom stereocenters. The first-order valence-electron chi connectivity index (χ1n) is 0. The fourth-order valence-electron chi connectivity index (χ4n) is 0. The zero-order valence-electron chi connectivity index (χ0n) is 3.90. The predicted octanol–water partition coefficient (Wildman–Crippen LogP) is -1.19. The van der Waals surface area contributed by atoms with E-state index in [2.05, 4.69) is 0 Å². The number of hydrogen-bond donors (Lipinski definition) is 0. The molecule has 0 radical (unpaired) electrons. The topological polar surface area (TPSA) is 85.5 Å². The van der Waals surface area contributed by atoms with E-state index in [0.717, 1.165) is 0 Å². The molecule has 0 aromatic carbocycles. The summed E-state index contributed by atoms with van der Waals surface area (Å²) in [4.78, 5) is 0. The smallest absolute Gasteiger partial charge is 2.00 e. The van der Waals surface area contributed by atoms with Gasteiger partial charge in [0.25, 0.3) is 0 Å². The summed E-state index contributed by atoms with van der Waals surface area (Å²) < 4.78 is 0. The van der Waals surface area contributed by atoms with E-state index in [-0.39, 0.29) is 83.6 Å². The zero-order valence-corrected chi connectivity index (χ0v) is 7.63. The molecule has 0 spiro atoms. The zero-order chi connectivity index (χ0) is 0. The summed E-state index contributed by atoms with van der Waals surface area (Å²) in [5.41, 5.74) is 0. The minimum absolute atomic E-state index is 0.